The summed E-state index contributed by atoms with van der Waals surface area (Å²) in [6.45, 7) is 15.2. The number of likely N-dealkylation sites (tertiary alicyclic amines) is 1. The Bertz CT molecular complexity index is 865. The minimum absolute atomic E-state index is 0.112. The molecule has 0 radical (unpaired) electrons. The fourth-order valence-electron chi connectivity index (χ4n) is 5.23. The van der Waals surface area contributed by atoms with Crippen LogP contribution in [0.4, 0.5) is 4.79 Å². The summed E-state index contributed by atoms with van der Waals surface area (Å²) < 4.78 is 5.41. The van der Waals surface area contributed by atoms with Crippen molar-refractivity contribution in [2.75, 3.05) is 6.54 Å². The second-order valence-electron chi connectivity index (χ2n) is 13.2. The van der Waals surface area contributed by atoms with Crippen LogP contribution < -0.4 is 15.7 Å². The molecule has 1 saturated heterocycles. The third kappa shape index (κ3) is 8.54. The number of rotatable bonds is 9. The molecule has 1 saturated carbocycles. The van der Waals surface area contributed by atoms with E-state index in [1.165, 1.54) is 0 Å². The lowest BCUT2D eigenvalue weighted by Gasteiger charge is -2.38. The number of carbonyl (C=O) groups excluding carboxylic acids is 4. The zero-order valence-electron chi connectivity index (χ0n) is 24.3. The molecule has 10 nitrogen and oxygen atoms in total. The van der Waals surface area contributed by atoms with Crippen LogP contribution in [0.1, 0.15) is 87.5 Å². The Hall–Kier alpha value is -1.93. The summed E-state index contributed by atoms with van der Waals surface area (Å²) in [5, 5.41) is 18.7. The van der Waals surface area contributed by atoms with Gasteiger partial charge in [0, 0.05) is 6.54 Å². The zero-order chi connectivity index (χ0) is 29.0. The molecule has 2 rings (SSSR count). The van der Waals surface area contributed by atoms with Crippen LogP contribution in [0.2, 0.25) is 0 Å². The highest BCUT2D eigenvalue weighted by atomic mass is 31.0. The maximum atomic E-state index is 13.9. The van der Waals surface area contributed by atoms with Gasteiger partial charge in [0.05, 0.1) is 6.04 Å². The van der Waals surface area contributed by atoms with Gasteiger partial charge in [0.15, 0.2) is 6.10 Å². The SMILES string of the molecule is CC(C)[C@H]1CCN(C(=O)[C@@H](NC(=O)OC(C)(C)C)C(C)(C)C)C1C(=O)NC(CC1CCC1)C(O)C(=O)NP. The smallest absolute Gasteiger partial charge is 0.408 e. The second-order valence-corrected chi connectivity index (χ2v) is 13.5. The average Bonchev–Trinajstić information content (AvgIpc) is 3.21. The highest BCUT2D eigenvalue weighted by Gasteiger charge is 2.48. The predicted molar refractivity (Wildman–Crippen MR) is 149 cm³/mol. The van der Waals surface area contributed by atoms with Crippen molar-refractivity contribution < 1.29 is 29.0 Å². The number of nitrogens with one attached hydrogen (secondary N) is 3. The van der Waals surface area contributed by atoms with Crippen LogP contribution in [0, 0.1) is 23.2 Å². The summed E-state index contributed by atoms with van der Waals surface area (Å²) >= 11 is 0. The van der Waals surface area contributed by atoms with Crippen molar-refractivity contribution in [1.82, 2.24) is 20.6 Å². The molecule has 2 fully saturated rings. The molecule has 6 atom stereocenters. The fraction of sp³-hybridized carbons (Fsp3) is 0.852. The van der Waals surface area contributed by atoms with Gasteiger partial charge in [-0.05, 0) is 66.2 Å². The van der Waals surface area contributed by atoms with Gasteiger partial charge in [0.1, 0.15) is 17.7 Å². The maximum absolute atomic E-state index is 13.9. The lowest BCUT2D eigenvalue weighted by molar-refractivity contribution is -0.144. The summed E-state index contributed by atoms with van der Waals surface area (Å²) in [6, 6.07) is -2.47. The zero-order valence-corrected chi connectivity index (χ0v) is 25.5. The van der Waals surface area contributed by atoms with Crippen LogP contribution >= 0.6 is 9.39 Å². The highest BCUT2D eigenvalue weighted by molar-refractivity contribution is 7.15. The van der Waals surface area contributed by atoms with Crippen LogP contribution in [0.15, 0.2) is 0 Å². The first-order valence-corrected chi connectivity index (χ1v) is 14.3. The first-order chi connectivity index (χ1) is 17.5. The van der Waals surface area contributed by atoms with Gasteiger partial charge in [-0.1, -0.05) is 53.9 Å². The molecular weight excluding hydrogens is 507 g/mol. The normalized spacial score (nSPS) is 22.8. The number of alkyl carbamates (subject to hydrolysis) is 1. The fourth-order valence-corrected chi connectivity index (χ4v) is 5.40. The Kier molecular flexibility index (Phi) is 11.0. The molecule has 1 heterocycles. The van der Waals surface area contributed by atoms with Crippen molar-refractivity contribution in [3.8, 4) is 0 Å². The van der Waals surface area contributed by atoms with E-state index in [0.29, 0.717) is 25.3 Å². The maximum Gasteiger partial charge on any atom is 0.408 e. The van der Waals surface area contributed by atoms with E-state index in [1.807, 2.05) is 34.6 Å². The first kappa shape index (κ1) is 32.3. The van der Waals surface area contributed by atoms with Crippen LogP contribution in [0.25, 0.3) is 0 Å². The summed E-state index contributed by atoms with van der Waals surface area (Å²) in [5.41, 5.74) is -1.38. The van der Waals surface area contributed by atoms with Crippen LogP contribution in [0.3, 0.4) is 0 Å². The number of carbonyl (C=O) groups is 4. The average molecular weight is 557 g/mol. The molecule has 0 aromatic heterocycles. The van der Waals surface area contributed by atoms with Crippen molar-refractivity contribution in [2.24, 2.45) is 23.2 Å². The van der Waals surface area contributed by atoms with Gasteiger partial charge in [0.2, 0.25) is 11.8 Å². The summed E-state index contributed by atoms with van der Waals surface area (Å²) in [7, 11) is 2.08. The first-order valence-electron chi connectivity index (χ1n) is 13.7. The van der Waals surface area contributed by atoms with E-state index in [1.54, 1.807) is 25.7 Å². The minimum atomic E-state index is -1.41. The van der Waals surface area contributed by atoms with Gasteiger partial charge in [-0.25, -0.2) is 4.79 Å². The number of hydrogen-bond acceptors (Lipinski definition) is 6. The highest BCUT2D eigenvalue weighted by Crippen LogP contribution is 2.35. The molecule has 0 aromatic rings. The third-order valence-electron chi connectivity index (χ3n) is 7.56. The van der Waals surface area contributed by atoms with Gasteiger partial charge in [-0.2, -0.15) is 0 Å². The number of aliphatic hydroxyl groups excluding tert-OH is 1. The molecule has 1 aliphatic carbocycles. The molecule has 4 N–H and O–H groups in total. The summed E-state index contributed by atoms with van der Waals surface area (Å²) in [5.74, 6) is -1.00. The Morgan fingerprint density at radius 3 is 2.08 bits per heavy atom. The monoisotopic (exact) mass is 556 g/mol. The van der Waals surface area contributed by atoms with E-state index in [9.17, 15) is 24.3 Å². The molecule has 0 bridgehead atoms. The largest absolute Gasteiger partial charge is 0.444 e. The molecule has 0 spiro atoms. The van der Waals surface area contributed by atoms with E-state index in [-0.39, 0.29) is 23.7 Å². The molecule has 11 heteroatoms. The van der Waals surface area contributed by atoms with Crippen LogP contribution in [0.5, 0.6) is 0 Å². The van der Waals surface area contributed by atoms with Crippen molar-refractivity contribution in [3.05, 3.63) is 0 Å². The van der Waals surface area contributed by atoms with E-state index >= 15 is 0 Å². The Labute approximate surface area is 230 Å². The van der Waals surface area contributed by atoms with Gasteiger partial charge in [0.25, 0.3) is 5.91 Å². The van der Waals surface area contributed by atoms with E-state index in [4.69, 9.17) is 4.74 Å². The Morgan fingerprint density at radius 1 is 1.03 bits per heavy atom. The molecule has 1 aliphatic heterocycles. The minimum Gasteiger partial charge on any atom is -0.444 e. The van der Waals surface area contributed by atoms with Crippen LogP contribution in [-0.2, 0) is 19.1 Å². The van der Waals surface area contributed by atoms with E-state index in [2.05, 4.69) is 25.1 Å². The number of nitrogens with zero attached hydrogens (tertiary/aromatic N) is 1. The van der Waals surface area contributed by atoms with Gasteiger partial charge in [-0.15, -0.1) is 0 Å². The summed E-state index contributed by atoms with van der Waals surface area (Å²) in [6.07, 6.45) is 2.10. The molecule has 0 aromatic carbocycles. The Morgan fingerprint density at radius 2 is 1.63 bits per heavy atom. The lowest BCUT2D eigenvalue weighted by Crippen LogP contribution is -2.61. The molecule has 218 valence electrons. The number of hydrogen-bond donors (Lipinski definition) is 4. The van der Waals surface area contributed by atoms with E-state index in [0.717, 1.165) is 19.3 Å². The molecule has 38 heavy (non-hydrogen) atoms. The van der Waals surface area contributed by atoms with Crippen LogP contribution in [-0.4, -0.2) is 70.2 Å². The second kappa shape index (κ2) is 12.9. The molecular formula is C27H49N4O6P. The lowest BCUT2D eigenvalue weighted by atomic mass is 9.79. The van der Waals surface area contributed by atoms with Crippen molar-refractivity contribution in [2.45, 2.75) is 117 Å². The van der Waals surface area contributed by atoms with Crippen molar-refractivity contribution >= 4 is 33.2 Å². The number of aliphatic hydroxyl groups is 1. The van der Waals surface area contributed by atoms with Crippen molar-refractivity contribution in [1.29, 1.82) is 0 Å². The summed E-state index contributed by atoms with van der Waals surface area (Å²) in [4.78, 5) is 54.2. The molecule has 4 unspecified atom stereocenters. The quantitative estimate of drug-likeness (QED) is 0.323. The number of ether oxygens (including phenoxy) is 1. The topological polar surface area (TPSA) is 137 Å². The molecule has 2 aliphatic rings. The molecule has 4 amide bonds. The van der Waals surface area contributed by atoms with Crippen molar-refractivity contribution in [3.63, 3.8) is 0 Å². The van der Waals surface area contributed by atoms with Gasteiger partial charge >= 0.3 is 6.09 Å². The standard InChI is InChI=1S/C27H49N4O6P/c1-15(2)17-12-13-31(24(35)21(26(3,4)5)29-25(36)37-27(6,7)8)19(17)22(33)28-18(14-16-10-9-11-16)20(32)23(34)30-38/h15-21,32H,9-14,38H2,1-8H3,(H,28,33)(H,29,36)(H,30,34)/t17-,18?,19?,20?,21-/m1/s1. The van der Waals surface area contributed by atoms with Gasteiger partial charge < -0.3 is 30.5 Å². The number of amides is 4. The predicted octanol–water partition coefficient (Wildman–Crippen LogP) is 2.74. The Balaban J connectivity index is 2.32. The third-order valence-corrected chi connectivity index (χ3v) is 7.84. The van der Waals surface area contributed by atoms with Gasteiger partial charge in [-0.3, -0.25) is 14.4 Å². The van der Waals surface area contributed by atoms with E-state index < -0.39 is 47.2 Å².